The molecule has 3 rings (SSSR count). The van der Waals surface area contributed by atoms with Gasteiger partial charge in [-0.05, 0) is 48.4 Å². The van der Waals surface area contributed by atoms with Crippen molar-refractivity contribution < 1.29 is 4.42 Å². The molecule has 3 N–H and O–H groups in total. The number of pyridine rings is 1. The van der Waals surface area contributed by atoms with Crippen LogP contribution >= 0.6 is 11.6 Å². The minimum atomic E-state index is -0.216. The number of nitrogens with zero attached hydrogens (tertiary/aromatic N) is 1. The van der Waals surface area contributed by atoms with Crippen LogP contribution in [-0.4, -0.2) is 4.98 Å². The largest absolute Gasteiger partial charge is 0.453 e. The standard InChI is InChI=1S/C15H14ClN3O/c1-9-2-3-10-8-11(4-5-13(10)18-9)14(19-17)12-6-7-20-15(12)16/h2-8,14,19H,17H2,1H3. The first-order valence-electron chi connectivity index (χ1n) is 6.25. The van der Waals surface area contributed by atoms with E-state index in [0.717, 1.165) is 27.7 Å². The van der Waals surface area contributed by atoms with E-state index in [1.807, 2.05) is 37.3 Å². The number of rotatable bonds is 3. The fourth-order valence-corrected chi connectivity index (χ4v) is 2.52. The van der Waals surface area contributed by atoms with Crippen LogP contribution in [-0.2, 0) is 0 Å². The summed E-state index contributed by atoms with van der Waals surface area (Å²) in [6.07, 6.45) is 1.55. The van der Waals surface area contributed by atoms with E-state index in [-0.39, 0.29) is 6.04 Å². The van der Waals surface area contributed by atoms with Crippen molar-refractivity contribution in [2.24, 2.45) is 5.84 Å². The summed E-state index contributed by atoms with van der Waals surface area (Å²) in [5, 5.41) is 1.41. The Morgan fingerprint density at radius 2 is 2.10 bits per heavy atom. The number of fused-ring (bicyclic) bond motifs is 1. The van der Waals surface area contributed by atoms with Gasteiger partial charge in [-0.3, -0.25) is 10.8 Å². The summed E-state index contributed by atoms with van der Waals surface area (Å²) >= 11 is 6.03. The van der Waals surface area contributed by atoms with Crippen LogP contribution < -0.4 is 11.3 Å². The molecule has 5 heteroatoms. The van der Waals surface area contributed by atoms with E-state index < -0.39 is 0 Å². The smallest absolute Gasteiger partial charge is 0.198 e. The maximum Gasteiger partial charge on any atom is 0.198 e. The van der Waals surface area contributed by atoms with E-state index in [4.69, 9.17) is 21.9 Å². The molecule has 0 aliphatic carbocycles. The fraction of sp³-hybridized carbons (Fsp3) is 0.133. The molecule has 0 bridgehead atoms. The number of furan rings is 1. The second kappa shape index (κ2) is 5.25. The third kappa shape index (κ3) is 2.29. The van der Waals surface area contributed by atoms with Crippen LogP contribution in [0.25, 0.3) is 10.9 Å². The highest BCUT2D eigenvalue weighted by molar-refractivity contribution is 6.29. The quantitative estimate of drug-likeness (QED) is 0.573. The third-order valence-corrected chi connectivity index (χ3v) is 3.62. The molecule has 2 heterocycles. The van der Waals surface area contributed by atoms with Crippen molar-refractivity contribution >= 4 is 22.5 Å². The predicted molar refractivity (Wildman–Crippen MR) is 79.4 cm³/mol. The molecular weight excluding hydrogens is 274 g/mol. The Morgan fingerprint density at radius 1 is 1.25 bits per heavy atom. The monoisotopic (exact) mass is 287 g/mol. The first kappa shape index (κ1) is 13.1. The topological polar surface area (TPSA) is 64.1 Å². The molecule has 2 aromatic heterocycles. The molecule has 0 amide bonds. The lowest BCUT2D eigenvalue weighted by atomic mass is 10.00. The number of nitrogens with two attached hydrogens (primary N) is 1. The SMILES string of the molecule is Cc1ccc2cc(C(NN)c3ccoc3Cl)ccc2n1. The van der Waals surface area contributed by atoms with Gasteiger partial charge in [0, 0.05) is 16.6 Å². The Kier molecular flexibility index (Phi) is 3.44. The highest BCUT2D eigenvalue weighted by Crippen LogP contribution is 2.30. The first-order chi connectivity index (χ1) is 9.69. The zero-order valence-corrected chi connectivity index (χ0v) is 11.7. The van der Waals surface area contributed by atoms with Crippen molar-refractivity contribution in [3.05, 3.63) is 64.7 Å². The van der Waals surface area contributed by atoms with Gasteiger partial charge in [-0.25, -0.2) is 5.43 Å². The van der Waals surface area contributed by atoms with Crippen molar-refractivity contribution in [3.8, 4) is 0 Å². The van der Waals surface area contributed by atoms with Gasteiger partial charge in [0.2, 0.25) is 0 Å². The van der Waals surface area contributed by atoms with Gasteiger partial charge in [-0.1, -0.05) is 12.1 Å². The number of nitrogens with one attached hydrogen (secondary N) is 1. The Hall–Kier alpha value is -1.88. The molecule has 0 aliphatic heterocycles. The van der Waals surface area contributed by atoms with Gasteiger partial charge in [0.1, 0.15) is 0 Å². The maximum absolute atomic E-state index is 6.03. The Balaban J connectivity index is 2.08. The molecule has 0 spiro atoms. The van der Waals surface area contributed by atoms with E-state index in [1.54, 1.807) is 6.26 Å². The molecule has 0 saturated heterocycles. The Labute approximate surface area is 121 Å². The molecule has 3 aromatic rings. The van der Waals surface area contributed by atoms with E-state index >= 15 is 0 Å². The summed E-state index contributed by atoms with van der Waals surface area (Å²) in [4.78, 5) is 4.49. The molecule has 20 heavy (non-hydrogen) atoms. The molecule has 1 atom stereocenters. The average Bonchev–Trinajstić information content (AvgIpc) is 2.86. The molecule has 0 aliphatic rings. The number of aryl methyl sites for hydroxylation is 1. The number of hydrazine groups is 1. The van der Waals surface area contributed by atoms with Crippen LogP contribution in [0.3, 0.4) is 0 Å². The van der Waals surface area contributed by atoms with Gasteiger partial charge in [0.25, 0.3) is 0 Å². The molecular formula is C15H14ClN3O. The highest BCUT2D eigenvalue weighted by atomic mass is 35.5. The van der Waals surface area contributed by atoms with Gasteiger partial charge < -0.3 is 4.42 Å². The van der Waals surface area contributed by atoms with Crippen LogP contribution in [0.5, 0.6) is 0 Å². The number of benzene rings is 1. The lowest BCUT2D eigenvalue weighted by Gasteiger charge is -2.15. The third-order valence-electron chi connectivity index (χ3n) is 3.31. The summed E-state index contributed by atoms with van der Waals surface area (Å²) in [7, 11) is 0. The summed E-state index contributed by atoms with van der Waals surface area (Å²) in [6, 6.07) is 11.7. The van der Waals surface area contributed by atoms with Crippen LogP contribution in [0.15, 0.2) is 47.1 Å². The minimum Gasteiger partial charge on any atom is -0.453 e. The van der Waals surface area contributed by atoms with E-state index in [1.165, 1.54) is 0 Å². The van der Waals surface area contributed by atoms with Crippen molar-refractivity contribution in [3.63, 3.8) is 0 Å². The van der Waals surface area contributed by atoms with Gasteiger partial charge in [-0.2, -0.15) is 0 Å². The lowest BCUT2D eigenvalue weighted by molar-refractivity contribution is 0.555. The molecule has 1 unspecified atom stereocenters. The molecule has 0 radical (unpaired) electrons. The van der Waals surface area contributed by atoms with E-state index in [9.17, 15) is 0 Å². The summed E-state index contributed by atoms with van der Waals surface area (Å²) in [5.74, 6) is 5.67. The van der Waals surface area contributed by atoms with Crippen LogP contribution in [0.1, 0.15) is 22.9 Å². The first-order valence-corrected chi connectivity index (χ1v) is 6.63. The minimum absolute atomic E-state index is 0.216. The molecule has 4 nitrogen and oxygen atoms in total. The summed E-state index contributed by atoms with van der Waals surface area (Å²) in [5.41, 5.74) is 6.55. The number of halogens is 1. The molecule has 102 valence electrons. The van der Waals surface area contributed by atoms with Crippen molar-refractivity contribution in [1.82, 2.24) is 10.4 Å². The highest BCUT2D eigenvalue weighted by Gasteiger charge is 2.18. The molecule has 1 aromatic carbocycles. The normalized spacial score (nSPS) is 12.8. The van der Waals surface area contributed by atoms with Gasteiger partial charge in [0.05, 0.1) is 17.8 Å². The lowest BCUT2D eigenvalue weighted by Crippen LogP contribution is -2.28. The van der Waals surface area contributed by atoms with E-state index in [2.05, 4.69) is 16.5 Å². The Morgan fingerprint density at radius 3 is 2.80 bits per heavy atom. The molecule has 0 saturated carbocycles. The second-order valence-electron chi connectivity index (χ2n) is 4.65. The van der Waals surface area contributed by atoms with Gasteiger partial charge >= 0.3 is 0 Å². The Bertz CT molecular complexity index is 754. The predicted octanol–water partition coefficient (Wildman–Crippen LogP) is 3.34. The fourth-order valence-electron chi connectivity index (χ4n) is 2.30. The van der Waals surface area contributed by atoms with Crippen LogP contribution in [0, 0.1) is 6.92 Å². The van der Waals surface area contributed by atoms with Crippen LogP contribution in [0.4, 0.5) is 0 Å². The van der Waals surface area contributed by atoms with E-state index in [0.29, 0.717) is 5.22 Å². The number of aromatic nitrogens is 1. The van der Waals surface area contributed by atoms with Gasteiger partial charge in [-0.15, -0.1) is 0 Å². The number of hydrogen-bond acceptors (Lipinski definition) is 4. The summed E-state index contributed by atoms with van der Waals surface area (Å²) < 4.78 is 5.13. The van der Waals surface area contributed by atoms with Crippen molar-refractivity contribution in [2.75, 3.05) is 0 Å². The molecule has 0 fully saturated rings. The maximum atomic E-state index is 6.03. The van der Waals surface area contributed by atoms with Gasteiger partial charge in [0.15, 0.2) is 5.22 Å². The number of hydrogen-bond donors (Lipinski definition) is 2. The van der Waals surface area contributed by atoms with Crippen LogP contribution in [0.2, 0.25) is 5.22 Å². The average molecular weight is 288 g/mol. The zero-order valence-electron chi connectivity index (χ0n) is 10.9. The second-order valence-corrected chi connectivity index (χ2v) is 5.00. The van der Waals surface area contributed by atoms with Crippen molar-refractivity contribution in [2.45, 2.75) is 13.0 Å². The van der Waals surface area contributed by atoms with Crippen molar-refractivity contribution in [1.29, 1.82) is 0 Å². The zero-order chi connectivity index (χ0) is 14.1. The summed E-state index contributed by atoms with van der Waals surface area (Å²) in [6.45, 7) is 1.98.